The molecule has 1 amide bonds. The lowest BCUT2D eigenvalue weighted by molar-refractivity contribution is -0.121. The number of carbonyl (C=O) groups is 1. The van der Waals surface area contributed by atoms with Crippen LogP contribution in [-0.2, 0) is 4.79 Å². The van der Waals surface area contributed by atoms with Gasteiger partial charge in [0.25, 0.3) is 0 Å². The van der Waals surface area contributed by atoms with Gasteiger partial charge < -0.3 is 15.4 Å². The molecule has 4 heteroatoms. The molecule has 0 aliphatic carbocycles. The Bertz CT molecular complexity index is 579. The van der Waals surface area contributed by atoms with Crippen LogP contribution in [0, 0.1) is 0 Å². The van der Waals surface area contributed by atoms with Crippen LogP contribution in [0.15, 0.2) is 42.5 Å². The van der Waals surface area contributed by atoms with Crippen molar-refractivity contribution in [3.8, 4) is 5.75 Å². The number of carbonyl (C=O) groups excluding carboxylic acids is 1. The molecule has 2 rings (SSSR count). The van der Waals surface area contributed by atoms with Crippen molar-refractivity contribution in [2.45, 2.75) is 12.8 Å². The Morgan fingerprint density at radius 3 is 2.76 bits per heavy atom. The van der Waals surface area contributed by atoms with Crippen molar-refractivity contribution in [1.29, 1.82) is 0 Å². The van der Waals surface area contributed by atoms with Crippen LogP contribution >= 0.6 is 0 Å². The molecule has 0 unspecified atom stereocenters. The maximum atomic E-state index is 11.5. The van der Waals surface area contributed by atoms with Gasteiger partial charge in [-0.05, 0) is 24.9 Å². The first-order valence-corrected chi connectivity index (χ1v) is 7.33. The molecule has 0 bridgehead atoms. The monoisotopic (exact) mass is 286 g/mol. The number of nitrogens with one attached hydrogen (secondary N) is 2. The standard InChI is InChI=1S/C17H22N2O2/c1-18-11-12-19-17(20)10-5-13-21-16-9-4-7-14-6-2-3-8-15(14)16/h2-4,6-9,18H,5,10-13H2,1H3,(H,19,20). The van der Waals surface area contributed by atoms with E-state index in [1.54, 1.807) is 0 Å². The molecule has 112 valence electrons. The minimum Gasteiger partial charge on any atom is -0.493 e. The maximum Gasteiger partial charge on any atom is 0.220 e. The van der Waals surface area contributed by atoms with E-state index in [0.717, 1.165) is 17.7 Å². The summed E-state index contributed by atoms with van der Waals surface area (Å²) in [7, 11) is 1.87. The maximum absolute atomic E-state index is 11.5. The van der Waals surface area contributed by atoms with Crippen LogP contribution in [0.1, 0.15) is 12.8 Å². The van der Waals surface area contributed by atoms with Crippen molar-refractivity contribution in [3.05, 3.63) is 42.5 Å². The summed E-state index contributed by atoms with van der Waals surface area (Å²) in [5.74, 6) is 0.954. The van der Waals surface area contributed by atoms with Crippen molar-refractivity contribution in [3.63, 3.8) is 0 Å². The molecule has 0 aliphatic heterocycles. The van der Waals surface area contributed by atoms with Gasteiger partial charge in [-0.2, -0.15) is 0 Å². The van der Waals surface area contributed by atoms with Gasteiger partial charge >= 0.3 is 0 Å². The molecule has 2 aromatic rings. The van der Waals surface area contributed by atoms with Crippen LogP contribution in [0.4, 0.5) is 0 Å². The molecule has 2 aromatic carbocycles. The van der Waals surface area contributed by atoms with Gasteiger partial charge in [-0.3, -0.25) is 4.79 Å². The molecule has 0 spiro atoms. The average Bonchev–Trinajstić information content (AvgIpc) is 2.52. The first-order valence-electron chi connectivity index (χ1n) is 7.33. The van der Waals surface area contributed by atoms with Gasteiger partial charge in [0.1, 0.15) is 5.75 Å². The summed E-state index contributed by atoms with van der Waals surface area (Å²) in [4.78, 5) is 11.5. The lowest BCUT2D eigenvalue weighted by atomic mass is 10.1. The molecular weight excluding hydrogens is 264 g/mol. The third-order valence-electron chi connectivity index (χ3n) is 3.25. The van der Waals surface area contributed by atoms with E-state index in [-0.39, 0.29) is 5.91 Å². The number of amides is 1. The van der Waals surface area contributed by atoms with Gasteiger partial charge in [-0.15, -0.1) is 0 Å². The Hall–Kier alpha value is -2.07. The first-order chi connectivity index (χ1) is 10.3. The van der Waals surface area contributed by atoms with Gasteiger partial charge in [-0.25, -0.2) is 0 Å². The van der Waals surface area contributed by atoms with Crippen molar-refractivity contribution in [2.24, 2.45) is 0 Å². The average molecular weight is 286 g/mol. The fraction of sp³-hybridized carbons (Fsp3) is 0.353. The van der Waals surface area contributed by atoms with Crippen LogP contribution in [-0.4, -0.2) is 32.7 Å². The Morgan fingerprint density at radius 2 is 1.90 bits per heavy atom. The van der Waals surface area contributed by atoms with E-state index in [0.29, 0.717) is 26.0 Å². The lowest BCUT2D eigenvalue weighted by Crippen LogP contribution is -2.30. The topological polar surface area (TPSA) is 50.4 Å². The number of ether oxygens (including phenoxy) is 1. The van der Waals surface area contributed by atoms with Crippen LogP contribution in [0.2, 0.25) is 0 Å². The highest BCUT2D eigenvalue weighted by atomic mass is 16.5. The van der Waals surface area contributed by atoms with Gasteiger partial charge in [0.15, 0.2) is 0 Å². The SMILES string of the molecule is CNCCNC(=O)CCCOc1cccc2ccccc12. The highest BCUT2D eigenvalue weighted by molar-refractivity contribution is 5.88. The number of hydrogen-bond acceptors (Lipinski definition) is 3. The van der Waals surface area contributed by atoms with E-state index in [2.05, 4.69) is 28.8 Å². The molecule has 0 fully saturated rings. The number of benzene rings is 2. The smallest absolute Gasteiger partial charge is 0.220 e. The molecule has 0 radical (unpaired) electrons. The highest BCUT2D eigenvalue weighted by Crippen LogP contribution is 2.25. The minimum absolute atomic E-state index is 0.0757. The first kappa shape index (κ1) is 15.3. The number of fused-ring (bicyclic) bond motifs is 1. The second kappa shape index (κ2) is 8.27. The van der Waals surface area contributed by atoms with Crippen LogP contribution < -0.4 is 15.4 Å². The summed E-state index contributed by atoms with van der Waals surface area (Å²) in [6, 6.07) is 14.2. The van der Waals surface area contributed by atoms with Crippen molar-refractivity contribution in [2.75, 3.05) is 26.7 Å². The van der Waals surface area contributed by atoms with E-state index in [9.17, 15) is 4.79 Å². The summed E-state index contributed by atoms with van der Waals surface area (Å²) in [5, 5.41) is 8.12. The fourth-order valence-electron chi connectivity index (χ4n) is 2.15. The van der Waals surface area contributed by atoms with Crippen LogP contribution in [0.25, 0.3) is 10.8 Å². The highest BCUT2D eigenvalue weighted by Gasteiger charge is 2.03. The van der Waals surface area contributed by atoms with Crippen molar-refractivity contribution >= 4 is 16.7 Å². The van der Waals surface area contributed by atoms with Gasteiger partial charge in [0.2, 0.25) is 5.91 Å². The summed E-state index contributed by atoms with van der Waals surface area (Å²) in [6.07, 6.45) is 1.21. The Balaban J connectivity index is 1.76. The number of likely N-dealkylation sites (N-methyl/N-ethyl adjacent to an activating group) is 1. The molecule has 21 heavy (non-hydrogen) atoms. The fourth-order valence-corrected chi connectivity index (χ4v) is 2.15. The molecule has 0 saturated carbocycles. The van der Waals surface area contributed by atoms with E-state index >= 15 is 0 Å². The quantitative estimate of drug-likeness (QED) is 0.732. The Morgan fingerprint density at radius 1 is 1.10 bits per heavy atom. The van der Waals surface area contributed by atoms with Gasteiger partial charge in [-0.1, -0.05) is 36.4 Å². The predicted octanol–water partition coefficient (Wildman–Crippen LogP) is 2.33. The third kappa shape index (κ3) is 4.76. The van der Waals surface area contributed by atoms with E-state index in [4.69, 9.17) is 4.74 Å². The summed E-state index contributed by atoms with van der Waals surface area (Å²) in [6.45, 7) is 2.01. The molecule has 2 N–H and O–H groups in total. The molecule has 0 saturated heterocycles. The zero-order chi connectivity index (χ0) is 14.9. The number of hydrogen-bond donors (Lipinski definition) is 2. The summed E-state index contributed by atoms with van der Waals surface area (Å²) < 4.78 is 5.80. The van der Waals surface area contributed by atoms with E-state index in [1.807, 2.05) is 31.3 Å². The van der Waals surface area contributed by atoms with Crippen molar-refractivity contribution < 1.29 is 9.53 Å². The molecular formula is C17H22N2O2. The van der Waals surface area contributed by atoms with E-state index < -0.39 is 0 Å². The molecule has 0 aliphatic rings. The molecule has 0 aromatic heterocycles. The van der Waals surface area contributed by atoms with Crippen LogP contribution in [0.3, 0.4) is 0 Å². The second-order valence-electron chi connectivity index (χ2n) is 4.88. The normalized spacial score (nSPS) is 10.5. The Kier molecular flexibility index (Phi) is 6.03. The summed E-state index contributed by atoms with van der Waals surface area (Å²) >= 11 is 0. The molecule has 4 nitrogen and oxygen atoms in total. The zero-order valence-corrected chi connectivity index (χ0v) is 12.4. The van der Waals surface area contributed by atoms with Gasteiger partial charge in [0, 0.05) is 24.9 Å². The largest absolute Gasteiger partial charge is 0.493 e. The Labute approximate surface area is 125 Å². The minimum atomic E-state index is 0.0757. The lowest BCUT2D eigenvalue weighted by Gasteiger charge is -2.09. The van der Waals surface area contributed by atoms with E-state index in [1.165, 1.54) is 5.39 Å². The predicted molar refractivity (Wildman–Crippen MR) is 85.6 cm³/mol. The third-order valence-corrected chi connectivity index (χ3v) is 3.25. The van der Waals surface area contributed by atoms with Crippen LogP contribution in [0.5, 0.6) is 5.75 Å². The second-order valence-corrected chi connectivity index (χ2v) is 4.88. The van der Waals surface area contributed by atoms with Crippen molar-refractivity contribution in [1.82, 2.24) is 10.6 Å². The molecule has 0 heterocycles. The zero-order valence-electron chi connectivity index (χ0n) is 12.4. The summed E-state index contributed by atoms with van der Waals surface area (Å²) in [5.41, 5.74) is 0. The number of rotatable bonds is 8. The van der Waals surface area contributed by atoms with Gasteiger partial charge in [0.05, 0.1) is 6.61 Å². The molecule has 0 atom stereocenters.